The van der Waals surface area contributed by atoms with E-state index >= 15 is 0 Å². The Balaban J connectivity index is 2.16. The highest BCUT2D eigenvalue weighted by Gasteiger charge is 2.51. The van der Waals surface area contributed by atoms with Crippen molar-refractivity contribution in [2.24, 2.45) is 5.41 Å². The minimum absolute atomic E-state index is 0.0373. The zero-order chi connectivity index (χ0) is 19.8. The SMILES string of the molecule is CCCOc1cccc2cccc(C(N3CC(C)(C)C(=O)N3)C(F)(F)F)c12. The molecule has 0 aliphatic carbocycles. The molecule has 3 rings (SSSR count). The summed E-state index contributed by atoms with van der Waals surface area (Å²) in [7, 11) is 0. The molecule has 1 atom stereocenters. The van der Waals surface area contributed by atoms with Crippen LogP contribution in [0.3, 0.4) is 0 Å². The molecular weight excluding hydrogens is 357 g/mol. The number of nitrogens with zero attached hydrogens (tertiary/aromatic N) is 1. The summed E-state index contributed by atoms with van der Waals surface area (Å²) >= 11 is 0. The first-order valence-corrected chi connectivity index (χ1v) is 8.94. The Bertz CT molecular complexity index is 843. The summed E-state index contributed by atoms with van der Waals surface area (Å²) < 4.78 is 48.1. The van der Waals surface area contributed by atoms with Gasteiger partial charge in [0.25, 0.3) is 0 Å². The lowest BCUT2D eigenvalue weighted by Crippen LogP contribution is -2.43. The Kier molecular flexibility index (Phi) is 5.08. The fraction of sp³-hybridized carbons (Fsp3) is 0.450. The molecule has 0 spiro atoms. The summed E-state index contributed by atoms with van der Waals surface area (Å²) in [4.78, 5) is 12.1. The number of hydrogen-bond acceptors (Lipinski definition) is 3. The number of fused-ring (bicyclic) bond motifs is 1. The number of benzene rings is 2. The molecule has 0 saturated carbocycles. The van der Waals surface area contributed by atoms with E-state index in [1.807, 2.05) is 6.92 Å². The van der Waals surface area contributed by atoms with Crippen LogP contribution in [-0.4, -0.2) is 30.2 Å². The van der Waals surface area contributed by atoms with Gasteiger partial charge in [-0.2, -0.15) is 13.2 Å². The maximum absolute atomic E-state index is 14.1. The van der Waals surface area contributed by atoms with Gasteiger partial charge in [0.15, 0.2) is 6.04 Å². The Morgan fingerprint density at radius 2 is 1.89 bits per heavy atom. The third-order valence-electron chi connectivity index (χ3n) is 4.70. The second-order valence-corrected chi connectivity index (χ2v) is 7.45. The fourth-order valence-corrected chi connectivity index (χ4v) is 3.39. The van der Waals surface area contributed by atoms with Crippen LogP contribution in [0.25, 0.3) is 10.8 Å². The number of alkyl halides is 3. The van der Waals surface area contributed by atoms with E-state index in [-0.39, 0.29) is 12.1 Å². The number of hydrogen-bond donors (Lipinski definition) is 1. The number of halogens is 3. The van der Waals surface area contributed by atoms with Crippen molar-refractivity contribution in [1.82, 2.24) is 10.4 Å². The number of carbonyl (C=O) groups is 1. The van der Waals surface area contributed by atoms with Crippen molar-refractivity contribution in [2.45, 2.75) is 39.4 Å². The smallest absolute Gasteiger partial charge is 0.409 e. The van der Waals surface area contributed by atoms with Crippen LogP contribution >= 0.6 is 0 Å². The maximum atomic E-state index is 14.1. The first-order valence-electron chi connectivity index (χ1n) is 8.94. The van der Waals surface area contributed by atoms with Gasteiger partial charge in [0.1, 0.15) is 5.75 Å². The number of carbonyl (C=O) groups excluding carboxylic acids is 1. The maximum Gasteiger partial charge on any atom is 0.409 e. The van der Waals surface area contributed by atoms with Gasteiger partial charge in [0, 0.05) is 11.9 Å². The number of ether oxygens (including phenoxy) is 1. The van der Waals surface area contributed by atoms with Gasteiger partial charge in [-0.3, -0.25) is 10.2 Å². The molecule has 27 heavy (non-hydrogen) atoms. The molecule has 2 aromatic rings. The minimum atomic E-state index is -4.57. The highest BCUT2D eigenvalue weighted by Crippen LogP contribution is 2.44. The van der Waals surface area contributed by atoms with Gasteiger partial charge in [-0.05, 0) is 37.3 Å². The van der Waals surface area contributed by atoms with Gasteiger partial charge in [-0.25, -0.2) is 5.01 Å². The van der Waals surface area contributed by atoms with Crippen LogP contribution < -0.4 is 10.2 Å². The Hall–Kier alpha value is -2.28. The Morgan fingerprint density at radius 1 is 1.22 bits per heavy atom. The molecule has 1 heterocycles. The summed E-state index contributed by atoms with van der Waals surface area (Å²) in [6.07, 6.45) is -3.82. The Morgan fingerprint density at radius 3 is 2.44 bits per heavy atom. The Labute approximate surface area is 156 Å². The molecule has 1 aliphatic rings. The molecule has 1 fully saturated rings. The standard InChI is InChI=1S/C20H23F3N2O2/c1-4-11-27-15-10-6-8-13-7-5-9-14(16(13)15)17(20(21,22)23)25-12-19(2,3)18(26)24-25/h5-10,17H,4,11-12H2,1-3H3,(H,24,26). The highest BCUT2D eigenvalue weighted by atomic mass is 19.4. The molecule has 146 valence electrons. The van der Waals surface area contributed by atoms with Crippen LogP contribution in [0.1, 0.15) is 38.8 Å². The van der Waals surface area contributed by atoms with Crippen molar-refractivity contribution in [3.8, 4) is 5.75 Å². The zero-order valence-corrected chi connectivity index (χ0v) is 15.6. The number of hydrazine groups is 1. The van der Waals surface area contributed by atoms with Crippen LogP contribution in [0.15, 0.2) is 36.4 Å². The van der Waals surface area contributed by atoms with Crippen molar-refractivity contribution < 1.29 is 22.7 Å². The molecule has 2 aromatic carbocycles. The second-order valence-electron chi connectivity index (χ2n) is 7.45. The third kappa shape index (κ3) is 3.74. The normalized spacial score (nSPS) is 18.5. The second kappa shape index (κ2) is 7.03. The minimum Gasteiger partial charge on any atom is -0.493 e. The van der Waals surface area contributed by atoms with E-state index in [0.717, 1.165) is 11.4 Å². The molecule has 1 unspecified atom stereocenters. The molecule has 0 aromatic heterocycles. The van der Waals surface area contributed by atoms with Crippen molar-refractivity contribution in [1.29, 1.82) is 0 Å². The van der Waals surface area contributed by atoms with Gasteiger partial charge in [-0.15, -0.1) is 0 Å². The van der Waals surface area contributed by atoms with Crippen LogP contribution in [0, 0.1) is 5.41 Å². The van der Waals surface area contributed by atoms with Gasteiger partial charge >= 0.3 is 6.18 Å². The molecule has 7 heteroatoms. The van der Waals surface area contributed by atoms with E-state index < -0.39 is 23.5 Å². The summed E-state index contributed by atoms with van der Waals surface area (Å²) in [6.45, 7) is 5.58. The first kappa shape index (κ1) is 19.5. The lowest BCUT2D eigenvalue weighted by molar-refractivity contribution is -0.191. The van der Waals surface area contributed by atoms with Crippen LogP contribution in [0.2, 0.25) is 0 Å². The fourth-order valence-electron chi connectivity index (χ4n) is 3.39. The number of amides is 1. The molecule has 0 bridgehead atoms. The van der Waals surface area contributed by atoms with E-state index in [9.17, 15) is 18.0 Å². The van der Waals surface area contributed by atoms with Crippen molar-refractivity contribution in [3.63, 3.8) is 0 Å². The zero-order valence-electron chi connectivity index (χ0n) is 15.6. The first-order chi connectivity index (χ1) is 12.6. The van der Waals surface area contributed by atoms with E-state index in [0.29, 0.717) is 23.1 Å². The van der Waals surface area contributed by atoms with Crippen LogP contribution in [0.4, 0.5) is 13.2 Å². The summed E-state index contributed by atoms with van der Waals surface area (Å²) in [5.74, 6) is 0.00317. The van der Waals surface area contributed by atoms with Gasteiger partial charge in [0.2, 0.25) is 5.91 Å². The summed E-state index contributed by atoms with van der Waals surface area (Å²) in [5, 5.41) is 2.09. The monoisotopic (exact) mass is 380 g/mol. The van der Waals surface area contributed by atoms with E-state index in [1.54, 1.807) is 44.2 Å². The predicted octanol–water partition coefficient (Wildman–Crippen LogP) is 4.61. The molecule has 1 amide bonds. The quantitative estimate of drug-likeness (QED) is 0.824. The van der Waals surface area contributed by atoms with Gasteiger partial charge in [0.05, 0.1) is 12.0 Å². The number of rotatable bonds is 5. The van der Waals surface area contributed by atoms with E-state index in [1.165, 1.54) is 6.07 Å². The molecule has 4 nitrogen and oxygen atoms in total. The molecule has 1 aliphatic heterocycles. The number of nitrogens with one attached hydrogen (secondary N) is 1. The highest BCUT2D eigenvalue weighted by molar-refractivity contribution is 5.92. The van der Waals surface area contributed by atoms with Crippen LogP contribution in [0.5, 0.6) is 5.75 Å². The van der Waals surface area contributed by atoms with Gasteiger partial charge in [-0.1, -0.05) is 37.3 Å². The molecule has 0 radical (unpaired) electrons. The lowest BCUT2D eigenvalue weighted by Gasteiger charge is -2.31. The van der Waals surface area contributed by atoms with Crippen LogP contribution in [-0.2, 0) is 4.79 Å². The average molecular weight is 380 g/mol. The van der Waals surface area contributed by atoms with Crippen molar-refractivity contribution >= 4 is 16.7 Å². The summed E-state index contributed by atoms with van der Waals surface area (Å²) in [6, 6.07) is 8.06. The van der Waals surface area contributed by atoms with Crippen molar-refractivity contribution in [3.05, 3.63) is 42.0 Å². The average Bonchev–Trinajstić information content (AvgIpc) is 2.84. The van der Waals surface area contributed by atoms with Gasteiger partial charge < -0.3 is 4.74 Å². The van der Waals surface area contributed by atoms with E-state index in [2.05, 4.69) is 5.43 Å². The van der Waals surface area contributed by atoms with Crippen molar-refractivity contribution in [2.75, 3.05) is 13.2 Å². The summed E-state index contributed by atoms with van der Waals surface area (Å²) in [5.41, 5.74) is 1.59. The third-order valence-corrected chi connectivity index (χ3v) is 4.70. The topological polar surface area (TPSA) is 41.6 Å². The predicted molar refractivity (Wildman–Crippen MR) is 97.2 cm³/mol. The molecule has 1 saturated heterocycles. The lowest BCUT2D eigenvalue weighted by atomic mass is 9.93. The molecular formula is C20H23F3N2O2. The largest absolute Gasteiger partial charge is 0.493 e. The van der Waals surface area contributed by atoms with E-state index in [4.69, 9.17) is 4.74 Å². The molecule has 1 N–H and O–H groups in total.